The van der Waals surface area contributed by atoms with E-state index in [2.05, 4.69) is 5.32 Å². The first-order valence-electron chi connectivity index (χ1n) is 9.79. The second-order valence-corrected chi connectivity index (χ2v) is 9.95. The lowest BCUT2D eigenvalue weighted by atomic mass is 10.1. The zero-order chi connectivity index (χ0) is 20.5. The Hall–Kier alpha value is -1.89. The molecular formula is C22H22ClNO3S2. The number of amides is 1. The first-order valence-corrected chi connectivity index (χ1v) is 11.8. The number of hydrogen-bond donors (Lipinski definition) is 1. The number of fused-ring (bicyclic) bond motifs is 2. The lowest BCUT2D eigenvalue weighted by Gasteiger charge is -2.11. The first-order chi connectivity index (χ1) is 14.0. The number of aryl methyl sites for hydroxylation is 1. The first kappa shape index (κ1) is 20.4. The number of carbonyl (C=O) groups excluding carboxylic acids is 2. The molecule has 1 aliphatic carbocycles. The highest BCUT2D eigenvalue weighted by Crippen LogP contribution is 2.40. The Morgan fingerprint density at radius 3 is 2.62 bits per heavy atom. The summed E-state index contributed by atoms with van der Waals surface area (Å²) < 4.78 is 6.46. The van der Waals surface area contributed by atoms with E-state index in [-0.39, 0.29) is 18.0 Å². The van der Waals surface area contributed by atoms with Gasteiger partial charge < -0.3 is 10.1 Å². The topological polar surface area (TPSA) is 55.4 Å². The van der Waals surface area contributed by atoms with E-state index >= 15 is 0 Å². The molecule has 4 rings (SSSR count). The van der Waals surface area contributed by atoms with Crippen LogP contribution in [0, 0.1) is 0 Å². The molecule has 152 valence electrons. The number of esters is 1. The molecular weight excluding hydrogens is 426 g/mol. The van der Waals surface area contributed by atoms with Crippen LogP contribution in [0.2, 0.25) is 5.02 Å². The molecule has 2 heterocycles. The van der Waals surface area contributed by atoms with E-state index in [1.54, 1.807) is 0 Å². The maximum atomic E-state index is 13.1. The molecule has 1 aliphatic rings. The van der Waals surface area contributed by atoms with E-state index in [4.69, 9.17) is 16.3 Å². The second kappa shape index (κ2) is 8.46. The van der Waals surface area contributed by atoms with Gasteiger partial charge in [-0.1, -0.05) is 36.2 Å². The van der Waals surface area contributed by atoms with Gasteiger partial charge in [-0.25, -0.2) is 4.79 Å². The van der Waals surface area contributed by atoms with Crippen LogP contribution in [0.15, 0.2) is 24.3 Å². The van der Waals surface area contributed by atoms with E-state index < -0.39 is 0 Å². The van der Waals surface area contributed by atoms with Gasteiger partial charge >= 0.3 is 5.97 Å². The van der Waals surface area contributed by atoms with Gasteiger partial charge in [0.1, 0.15) is 9.88 Å². The van der Waals surface area contributed by atoms with E-state index in [0.717, 1.165) is 47.8 Å². The number of nitrogens with one attached hydrogen (secondary N) is 1. The average Bonchev–Trinajstić information content (AvgIpc) is 3.10. The number of anilines is 1. The number of ether oxygens (including phenoxy) is 1. The SMILES string of the molecule is CC(C)OC(=O)c1c(NC(=O)c2sc3ccccc3c2Cl)sc2c1CCCCC2. The minimum absolute atomic E-state index is 0.218. The van der Waals surface area contributed by atoms with Crippen molar-refractivity contribution in [3.8, 4) is 0 Å². The molecule has 29 heavy (non-hydrogen) atoms. The quantitative estimate of drug-likeness (QED) is 0.357. The van der Waals surface area contributed by atoms with Crippen LogP contribution in [0.4, 0.5) is 5.00 Å². The van der Waals surface area contributed by atoms with E-state index in [1.807, 2.05) is 38.1 Å². The van der Waals surface area contributed by atoms with Gasteiger partial charge in [-0.15, -0.1) is 22.7 Å². The van der Waals surface area contributed by atoms with E-state index in [0.29, 0.717) is 20.5 Å². The number of thiophene rings is 2. The lowest BCUT2D eigenvalue weighted by molar-refractivity contribution is 0.0378. The van der Waals surface area contributed by atoms with Gasteiger partial charge in [0.25, 0.3) is 5.91 Å². The largest absolute Gasteiger partial charge is 0.459 e. The standard InChI is InChI=1S/C22H22ClNO3S2/c1-12(2)27-22(26)17-13-8-4-3-5-10-15(13)29-21(17)24-20(25)19-18(23)14-9-6-7-11-16(14)28-19/h6-7,9,11-12H,3-5,8,10H2,1-2H3,(H,24,25). The van der Waals surface area contributed by atoms with Gasteiger partial charge in [0.2, 0.25) is 0 Å². The van der Waals surface area contributed by atoms with E-state index in [1.165, 1.54) is 27.6 Å². The fourth-order valence-corrected chi connectivity index (χ4v) is 6.32. The third kappa shape index (κ3) is 4.06. The molecule has 0 radical (unpaired) electrons. The number of halogens is 1. The van der Waals surface area contributed by atoms with E-state index in [9.17, 15) is 9.59 Å². The van der Waals surface area contributed by atoms with Crippen molar-refractivity contribution < 1.29 is 14.3 Å². The third-order valence-corrected chi connectivity index (χ3v) is 7.82. The molecule has 0 bridgehead atoms. The molecule has 1 amide bonds. The summed E-state index contributed by atoms with van der Waals surface area (Å²) in [6.07, 6.45) is 4.85. The number of benzene rings is 1. The molecule has 7 heteroatoms. The summed E-state index contributed by atoms with van der Waals surface area (Å²) in [5.41, 5.74) is 1.56. The zero-order valence-corrected chi connectivity index (χ0v) is 18.7. The zero-order valence-electron chi connectivity index (χ0n) is 16.3. The molecule has 0 spiro atoms. The molecule has 0 unspecified atom stereocenters. The van der Waals surface area contributed by atoms with Gasteiger partial charge in [-0.3, -0.25) is 4.79 Å². The summed E-state index contributed by atoms with van der Waals surface area (Å²) in [6.45, 7) is 3.66. The van der Waals surface area contributed by atoms with Crippen LogP contribution >= 0.6 is 34.3 Å². The molecule has 0 saturated heterocycles. The lowest BCUT2D eigenvalue weighted by Crippen LogP contribution is -2.17. The van der Waals surface area contributed by atoms with Crippen LogP contribution in [-0.4, -0.2) is 18.0 Å². The van der Waals surface area contributed by atoms with Crippen molar-refractivity contribution in [2.45, 2.75) is 52.1 Å². The van der Waals surface area contributed by atoms with Crippen molar-refractivity contribution in [1.29, 1.82) is 0 Å². The highest BCUT2D eigenvalue weighted by molar-refractivity contribution is 7.22. The summed E-state index contributed by atoms with van der Waals surface area (Å²) in [7, 11) is 0. The van der Waals surface area contributed by atoms with Crippen LogP contribution in [0.5, 0.6) is 0 Å². The van der Waals surface area contributed by atoms with Gasteiger partial charge in [0, 0.05) is 15.0 Å². The highest BCUT2D eigenvalue weighted by atomic mass is 35.5. The number of hydrogen-bond acceptors (Lipinski definition) is 5. The van der Waals surface area contributed by atoms with Crippen molar-refractivity contribution >= 4 is 61.2 Å². The summed E-state index contributed by atoms with van der Waals surface area (Å²) >= 11 is 9.33. The molecule has 4 nitrogen and oxygen atoms in total. The Morgan fingerprint density at radius 2 is 1.86 bits per heavy atom. The van der Waals surface area contributed by atoms with Gasteiger partial charge in [-0.2, -0.15) is 0 Å². The third-order valence-electron chi connectivity index (χ3n) is 4.94. The minimum atomic E-state index is -0.364. The minimum Gasteiger partial charge on any atom is -0.459 e. The fourth-order valence-electron chi connectivity index (χ4n) is 3.64. The monoisotopic (exact) mass is 447 g/mol. The Labute approximate surface area is 182 Å². The van der Waals surface area contributed by atoms with Crippen molar-refractivity contribution in [2.75, 3.05) is 5.32 Å². The molecule has 0 saturated carbocycles. The van der Waals surface area contributed by atoms with Crippen LogP contribution in [0.1, 0.15) is 63.6 Å². The second-order valence-electron chi connectivity index (χ2n) is 7.42. The van der Waals surface area contributed by atoms with Crippen LogP contribution in [0.3, 0.4) is 0 Å². The summed E-state index contributed by atoms with van der Waals surface area (Å²) in [5, 5.41) is 4.85. The van der Waals surface area contributed by atoms with Crippen LogP contribution in [0.25, 0.3) is 10.1 Å². The molecule has 0 aliphatic heterocycles. The highest BCUT2D eigenvalue weighted by Gasteiger charge is 2.28. The molecule has 2 aromatic heterocycles. The Morgan fingerprint density at radius 1 is 1.10 bits per heavy atom. The molecule has 0 fully saturated rings. The summed E-state index contributed by atoms with van der Waals surface area (Å²) in [5.74, 6) is -0.650. The number of rotatable bonds is 4. The Bertz CT molecular complexity index is 1080. The van der Waals surface area contributed by atoms with Crippen LogP contribution < -0.4 is 5.32 Å². The molecule has 1 N–H and O–H groups in total. The summed E-state index contributed by atoms with van der Waals surface area (Å²) in [6, 6.07) is 7.68. The van der Waals surface area contributed by atoms with Crippen molar-refractivity contribution in [3.63, 3.8) is 0 Å². The van der Waals surface area contributed by atoms with Crippen LogP contribution in [-0.2, 0) is 17.6 Å². The molecule has 3 aromatic rings. The number of carbonyl (C=O) groups is 2. The normalized spacial score (nSPS) is 13.9. The van der Waals surface area contributed by atoms with Gasteiger partial charge in [-0.05, 0) is 51.2 Å². The molecule has 0 atom stereocenters. The predicted octanol–water partition coefficient (Wildman–Crippen LogP) is 6.70. The average molecular weight is 448 g/mol. The predicted molar refractivity (Wildman–Crippen MR) is 121 cm³/mol. The maximum absolute atomic E-state index is 13.1. The fraction of sp³-hybridized carbons (Fsp3) is 0.364. The molecule has 1 aromatic carbocycles. The maximum Gasteiger partial charge on any atom is 0.341 e. The van der Waals surface area contributed by atoms with Crippen molar-refractivity contribution in [3.05, 3.63) is 50.2 Å². The Balaban J connectivity index is 1.71. The van der Waals surface area contributed by atoms with Gasteiger partial charge in [0.05, 0.1) is 16.7 Å². The van der Waals surface area contributed by atoms with Gasteiger partial charge in [0.15, 0.2) is 0 Å². The van der Waals surface area contributed by atoms with Crippen molar-refractivity contribution in [1.82, 2.24) is 0 Å². The van der Waals surface area contributed by atoms with Crippen molar-refractivity contribution in [2.24, 2.45) is 0 Å². The summed E-state index contributed by atoms with van der Waals surface area (Å²) in [4.78, 5) is 27.5. The smallest absolute Gasteiger partial charge is 0.341 e. The Kier molecular flexibility index (Phi) is 5.95.